The summed E-state index contributed by atoms with van der Waals surface area (Å²) in [5, 5.41) is 21.6. The smallest absolute Gasteiger partial charge is 0.210 e. The number of aliphatic hydroxyl groups excluding tert-OH is 2. The van der Waals surface area contributed by atoms with Gasteiger partial charge in [0, 0.05) is 46.6 Å². The number of carbonyl (C=O) groups excluding carboxylic acids is 1. The largest absolute Gasteiger partial charge is 0.506 e. The molecule has 0 bridgehead atoms. The van der Waals surface area contributed by atoms with Gasteiger partial charge in [0.2, 0.25) is 11.5 Å². The van der Waals surface area contributed by atoms with Crippen LogP contribution in [-0.2, 0) is 28.8 Å². The Labute approximate surface area is 305 Å². The van der Waals surface area contributed by atoms with Crippen molar-refractivity contribution in [3.05, 3.63) is 160 Å². The van der Waals surface area contributed by atoms with Crippen molar-refractivity contribution in [2.45, 2.75) is 51.7 Å². The van der Waals surface area contributed by atoms with Crippen molar-refractivity contribution in [2.75, 3.05) is 25.2 Å². The van der Waals surface area contributed by atoms with E-state index in [1.807, 2.05) is 83.8 Å². The lowest BCUT2D eigenvalue weighted by Gasteiger charge is -2.29. The third kappa shape index (κ3) is 5.95. The monoisotopic (exact) mass is 693 g/mol. The van der Waals surface area contributed by atoms with Crippen LogP contribution in [0.4, 0.5) is 11.4 Å². The lowest BCUT2D eigenvalue weighted by Crippen LogP contribution is -2.32. The number of hydrogen-bond acceptors (Lipinski definition) is 6. The second-order valence-electron chi connectivity index (χ2n) is 14.6. The van der Waals surface area contributed by atoms with Crippen molar-refractivity contribution in [1.82, 2.24) is 0 Å². The average Bonchev–Trinajstić information content (AvgIpc) is 3.49. The highest BCUT2D eigenvalue weighted by Gasteiger charge is 2.48. The number of aliphatic hydroxyl groups is 2. The third-order valence-electron chi connectivity index (χ3n) is 10.7. The molecule has 52 heavy (non-hydrogen) atoms. The van der Waals surface area contributed by atoms with Crippen LogP contribution in [0.2, 0.25) is 0 Å². The summed E-state index contributed by atoms with van der Waals surface area (Å²) in [6.07, 6.45) is 5.46. The molecule has 0 amide bonds. The molecule has 0 aromatic heterocycles. The molecule has 4 aromatic rings. The molecule has 0 spiro atoms. The molecule has 2 aliphatic heterocycles. The van der Waals surface area contributed by atoms with Gasteiger partial charge in [0.1, 0.15) is 23.9 Å². The first-order chi connectivity index (χ1) is 25.0. The molecule has 7 nitrogen and oxygen atoms in total. The fourth-order valence-corrected chi connectivity index (χ4v) is 7.62. The van der Waals surface area contributed by atoms with Gasteiger partial charge in [0.15, 0.2) is 12.3 Å². The number of Topliss-reactive ketones (excluding diaryl/α,β-unsaturated/α-hetero) is 1. The minimum Gasteiger partial charge on any atom is -0.506 e. The van der Waals surface area contributed by atoms with Gasteiger partial charge < -0.3 is 24.6 Å². The van der Waals surface area contributed by atoms with Gasteiger partial charge in [0.05, 0.1) is 30.3 Å². The van der Waals surface area contributed by atoms with E-state index in [4.69, 9.17) is 9.47 Å². The molecule has 2 heterocycles. The van der Waals surface area contributed by atoms with E-state index in [-0.39, 0.29) is 29.3 Å². The molecule has 7 rings (SSSR count). The predicted octanol–water partition coefficient (Wildman–Crippen LogP) is 8.49. The summed E-state index contributed by atoms with van der Waals surface area (Å²) in [5.74, 6) is 1.24. The quantitative estimate of drug-likeness (QED) is 0.121. The maximum atomic E-state index is 14.0. The molecular formula is C45H45N2O5+. The van der Waals surface area contributed by atoms with E-state index >= 15 is 0 Å². The topological polar surface area (TPSA) is 82.2 Å². The number of anilines is 1. The summed E-state index contributed by atoms with van der Waals surface area (Å²) >= 11 is 0. The molecule has 0 unspecified atom stereocenters. The minimum absolute atomic E-state index is 0.0350. The van der Waals surface area contributed by atoms with Crippen LogP contribution in [0.25, 0.3) is 6.08 Å². The first-order valence-corrected chi connectivity index (χ1v) is 17.6. The second kappa shape index (κ2) is 13.5. The van der Waals surface area contributed by atoms with Crippen LogP contribution in [0.5, 0.6) is 11.5 Å². The first-order valence-electron chi connectivity index (χ1n) is 17.6. The van der Waals surface area contributed by atoms with E-state index in [0.717, 1.165) is 62.1 Å². The number of ketones is 1. The van der Waals surface area contributed by atoms with E-state index in [1.54, 1.807) is 13.2 Å². The van der Waals surface area contributed by atoms with Crippen molar-refractivity contribution >= 4 is 28.9 Å². The van der Waals surface area contributed by atoms with Gasteiger partial charge in [-0.3, -0.25) is 4.79 Å². The number of benzene rings is 4. The summed E-state index contributed by atoms with van der Waals surface area (Å²) in [5.41, 5.74) is 8.54. The van der Waals surface area contributed by atoms with Crippen LogP contribution in [-0.4, -0.2) is 46.5 Å². The van der Waals surface area contributed by atoms with Gasteiger partial charge in [-0.2, -0.15) is 4.58 Å². The maximum absolute atomic E-state index is 14.0. The van der Waals surface area contributed by atoms with Crippen LogP contribution in [0.1, 0.15) is 55.5 Å². The molecule has 0 fully saturated rings. The fraction of sp³-hybridized carbons (Fsp3) is 0.244. The summed E-state index contributed by atoms with van der Waals surface area (Å²) in [7, 11) is 1.64. The first kappa shape index (κ1) is 34.8. The number of fused-ring (bicyclic) bond motifs is 2. The number of allylic oxidation sites excluding steroid dienone is 5. The molecular weight excluding hydrogens is 649 g/mol. The van der Waals surface area contributed by atoms with E-state index in [2.05, 4.69) is 63.1 Å². The van der Waals surface area contributed by atoms with Crippen molar-refractivity contribution in [3.63, 3.8) is 0 Å². The number of β-amino-alcohol motifs (C(OH)–C–C–N with tert-alkyl or cyclic N) is 1. The summed E-state index contributed by atoms with van der Waals surface area (Å²) in [4.78, 5) is 16.0. The number of hydrogen-bond donors (Lipinski definition) is 2. The Morgan fingerprint density at radius 1 is 0.846 bits per heavy atom. The molecule has 0 saturated carbocycles. The summed E-state index contributed by atoms with van der Waals surface area (Å²) in [6, 6.07) is 30.4. The Kier molecular flexibility index (Phi) is 9.01. The van der Waals surface area contributed by atoms with Gasteiger partial charge in [0.25, 0.3) is 0 Å². The van der Waals surface area contributed by atoms with Gasteiger partial charge >= 0.3 is 0 Å². The molecule has 2 N–H and O–H groups in total. The molecule has 1 aliphatic carbocycles. The molecule has 0 radical (unpaired) electrons. The van der Waals surface area contributed by atoms with Gasteiger partial charge in [-0.25, -0.2) is 0 Å². The Morgan fingerprint density at radius 2 is 1.56 bits per heavy atom. The molecule has 0 atom stereocenters. The van der Waals surface area contributed by atoms with Gasteiger partial charge in [-0.1, -0.05) is 81.1 Å². The zero-order valence-electron chi connectivity index (χ0n) is 30.4. The summed E-state index contributed by atoms with van der Waals surface area (Å²) < 4.78 is 14.0. The zero-order chi connectivity index (χ0) is 36.8. The molecule has 4 aromatic carbocycles. The van der Waals surface area contributed by atoms with Crippen molar-refractivity contribution in [3.8, 4) is 11.5 Å². The molecule has 3 aliphatic rings. The number of ether oxygens (including phenoxy) is 2. The number of nitrogens with zero attached hydrogens (tertiary/aromatic N) is 2. The van der Waals surface area contributed by atoms with E-state index in [0.29, 0.717) is 19.7 Å². The van der Waals surface area contributed by atoms with Gasteiger partial charge in [-0.15, -0.1) is 0 Å². The Morgan fingerprint density at radius 3 is 2.23 bits per heavy atom. The van der Waals surface area contributed by atoms with Crippen LogP contribution < -0.4 is 14.4 Å². The van der Waals surface area contributed by atoms with E-state index in [1.165, 1.54) is 0 Å². The Bertz CT molecular complexity index is 2200. The highest BCUT2D eigenvalue weighted by atomic mass is 16.5. The van der Waals surface area contributed by atoms with Crippen LogP contribution >= 0.6 is 0 Å². The number of methoxy groups -OCH3 is 1. The minimum atomic E-state index is -0.518. The van der Waals surface area contributed by atoms with E-state index < -0.39 is 10.8 Å². The lowest BCUT2D eigenvalue weighted by atomic mass is 9.77. The number of carbonyl (C=O) groups is 1. The standard InChI is InChI=1S/C45H44N2O5/c1-7-29-13-15-30(16-14-29)27-47-39-20-18-33(52-28-31-11-9-8-10-12-31)24-37(39)45(4,5)41(47)26-35-42(49)34(43(35)50)25-40-44(2,3)36-23-32(51-6)17-19-38(36)46(40)21-22-48/h7-20,23-26,48H,1,21-22,27-28H2,2-6H3/p+1. The van der Waals surface area contributed by atoms with Crippen molar-refractivity contribution in [2.24, 2.45) is 0 Å². The van der Waals surface area contributed by atoms with Crippen LogP contribution in [0.3, 0.4) is 0 Å². The zero-order valence-corrected chi connectivity index (χ0v) is 30.4. The SMILES string of the molecule is C=Cc1ccc(C[N+]2=C(/C=C3/C(=O)C(/C=C4\N(CCO)c5ccc(OC)cc5C4(C)C)=C3O)C(C)(C)c3cc(OCc4ccccc4)ccc32)cc1. The van der Waals surface area contributed by atoms with Crippen LogP contribution in [0, 0.1) is 0 Å². The fourth-order valence-electron chi connectivity index (χ4n) is 7.62. The Balaban J connectivity index is 1.28. The predicted molar refractivity (Wildman–Crippen MR) is 207 cm³/mol. The van der Waals surface area contributed by atoms with E-state index in [9.17, 15) is 15.0 Å². The highest BCUT2D eigenvalue weighted by Crippen LogP contribution is 2.50. The molecule has 0 saturated heterocycles. The molecule has 264 valence electrons. The maximum Gasteiger partial charge on any atom is 0.210 e. The molecule has 7 heteroatoms. The van der Waals surface area contributed by atoms with Crippen molar-refractivity contribution in [1.29, 1.82) is 0 Å². The normalized spacial score (nSPS) is 18.5. The average molecular weight is 694 g/mol. The number of rotatable bonds is 11. The third-order valence-corrected chi connectivity index (χ3v) is 10.7. The summed E-state index contributed by atoms with van der Waals surface area (Å²) in [6.45, 7) is 13.6. The lowest BCUT2D eigenvalue weighted by molar-refractivity contribution is -0.455. The highest BCUT2D eigenvalue weighted by molar-refractivity contribution is 6.24. The van der Waals surface area contributed by atoms with Crippen molar-refractivity contribution < 1.29 is 29.1 Å². The van der Waals surface area contributed by atoms with Gasteiger partial charge in [-0.05, 0) is 66.9 Å². The Hall–Kier alpha value is -5.66. The van der Waals surface area contributed by atoms with Crippen LogP contribution in [0.15, 0.2) is 132 Å². The second-order valence-corrected chi connectivity index (χ2v) is 14.6.